The van der Waals surface area contributed by atoms with E-state index in [-0.39, 0.29) is 11.7 Å². The zero-order valence-electron chi connectivity index (χ0n) is 9.00. The van der Waals surface area contributed by atoms with Gasteiger partial charge in [-0.1, -0.05) is 13.3 Å². The third-order valence-electron chi connectivity index (χ3n) is 2.67. The van der Waals surface area contributed by atoms with Gasteiger partial charge in [-0.3, -0.25) is 9.59 Å². The number of fused-ring (bicyclic) bond motifs is 1. The van der Waals surface area contributed by atoms with Crippen molar-refractivity contribution < 1.29 is 9.59 Å². The summed E-state index contributed by atoms with van der Waals surface area (Å²) in [6.07, 6.45) is 1.93. The third kappa shape index (κ3) is 1.86. The van der Waals surface area contributed by atoms with E-state index in [1.165, 1.54) is 0 Å². The van der Waals surface area contributed by atoms with Gasteiger partial charge in [-0.15, -0.1) is 0 Å². The molecule has 0 aromatic heterocycles. The summed E-state index contributed by atoms with van der Waals surface area (Å²) < 4.78 is 0.981. The molecule has 0 N–H and O–H groups in total. The number of hydrogen-bond donors (Lipinski definition) is 0. The molecule has 0 radical (unpaired) electrons. The Morgan fingerprint density at radius 2 is 2.06 bits per heavy atom. The monoisotopic (exact) mass is 329 g/mol. The van der Waals surface area contributed by atoms with Crippen molar-refractivity contribution in [1.29, 1.82) is 0 Å². The number of carbonyl (C=O) groups excluding carboxylic acids is 2. The van der Waals surface area contributed by atoms with E-state index in [0.717, 1.165) is 22.1 Å². The van der Waals surface area contributed by atoms with Crippen LogP contribution in [0.1, 0.15) is 30.1 Å². The van der Waals surface area contributed by atoms with Gasteiger partial charge in [0.05, 0.1) is 11.3 Å². The van der Waals surface area contributed by atoms with E-state index in [1.54, 1.807) is 11.0 Å². The van der Waals surface area contributed by atoms with E-state index in [2.05, 4.69) is 29.5 Å². The highest BCUT2D eigenvalue weighted by molar-refractivity contribution is 14.1. The molecule has 0 atom stereocenters. The van der Waals surface area contributed by atoms with Crippen LogP contribution in [-0.4, -0.2) is 18.2 Å². The second-order valence-electron chi connectivity index (χ2n) is 3.80. The van der Waals surface area contributed by atoms with Gasteiger partial charge in [-0.05, 0) is 47.2 Å². The first-order valence-electron chi connectivity index (χ1n) is 5.31. The van der Waals surface area contributed by atoms with Gasteiger partial charge in [0.25, 0.3) is 11.7 Å². The molecule has 2 rings (SSSR count). The Hall–Kier alpha value is -0.910. The molecule has 0 saturated heterocycles. The van der Waals surface area contributed by atoms with Crippen LogP contribution in [0.25, 0.3) is 0 Å². The summed E-state index contributed by atoms with van der Waals surface area (Å²) in [6.45, 7) is 2.70. The van der Waals surface area contributed by atoms with E-state index in [1.807, 2.05) is 12.1 Å². The fraction of sp³-hybridized carbons (Fsp3) is 0.333. The van der Waals surface area contributed by atoms with Crippen molar-refractivity contribution in [2.75, 3.05) is 11.4 Å². The molecule has 0 aliphatic carbocycles. The van der Waals surface area contributed by atoms with Gasteiger partial charge in [0.1, 0.15) is 0 Å². The number of hydrogen-bond acceptors (Lipinski definition) is 2. The van der Waals surface area contributed by atoms with Crippen LogP contribution in [0, 0.1) is 3.57 Å². The number of carbonyl (C=O) groups is 2. The number of amides is 1. The van der Waals surface area contributed by atoms with Crippen molar-refractivity contribution >= 4 is 40.0 Å². The lowest BCUT2D eigenvalue weighted by atomic mass is 10.1. The normalized spacial score (nSPS) is 14.5. The number of rotatable bonds is 3. The predicted molar refractivity (Wildman–Crippen MR) is 70.8 cm³/mol. The Labute approximate surface area is 108 Å². The van der Waals surface area contributed by atoms with Crippen LogP contribution in [0.15, 0.2) is 18.2 Å². The summed E-state index contributed by atoms with van der Waals surface area (Å²) in [6, 6.07) is 5.56. The number of ketones is 1. The summed E-state index contributed by atoms with van der Waals surface area (Å²) in [7, 11) is 0. The van der Waals surface area contributed by atoms with Crippen LogP contribution in [0.5, 0.6) is 0 Å². The lowest BCUT2D eigenvalue weighted by Crippen LogP contribution is -2.30. The van der Waals surface area contributed by atoms with Gasteiger partial charge >= 0.3 is 0 Å². The molecule has 0 unspecified atom stereocenters. The van der Waals surface area contributed by atoms with Crippen molar-refractivity contribution in [3.63, 3.8) is 0 Å². The average Bonchev–Trinajstić information content (AvgIpc) is 2.50. The van der Waals surface area contributed by atoms with Gasteiger partial charge in [-0.25, -0.2) is 0 Å². The first-order chi connectivity index (χ1) is 7.65. The molecule has 4 heteroatoms. The molecule has 1 heterocycles. The molecule has 1 aromatic carbocycles. The molecule has 0 bridgehead atoms. The minimum Gasteiger partial charge on any atom is -0.305 e. The smallest absolute Gasteiger partial charge is 0.299 e. The first kappa shape index (κ1) is 11.6. The van der Waals surface area contributed by atoms with Crippen molar-refractivity contribution in [1.82, 2.24) is 0 Å². The van der Waals surface area contributed by atoms with Crippen LogP contribution in [0.4, 0.5) is 5.69 Å². The van der Waals surface area contributed by atoms with Gasteiger partial charge in [0.2, 0.25) is 0 Å². The molecule has 1 aliphatic heterocycles. The molecule has 1 aromatic rings. The number of Topliss-reactive ketones (excluding diaryl/α,β-unsaturated/α-hetero) is 1. The molecule has 1 amide bonds. The van der Waals surface area contributed by atoms with Gasteiger partial charge < -0.3 is 4.90 Å². The van der Waals surface area contributed by atoms with Gasteiger partial charge in [-0.2, -0.15) is 0 Å². The van der Waals surface area contributed by atoms with Crippen molar-refractivity contribution in [2.24, 2.45) is 0 Å². The molecular weight excluding hydrogens is 317 g/mol. The van der Waals surface area contributed by atoms with E-state index < -0.39 is 0 Å². The summed E-state index contributed by atoms with van der Waals surface area (Å²) in [4.78, 5) is 25.1. The Morgan fingerprint density at radius 1 is 1.31 bits per heavy atom. The fourth-order valence-corrected chi connectivity index (χ4v) is 2.30. The lowest BCUT2D eigenvalue weighted by Gasteiger charge is -2.15. The maximum Gasteiger partial charge on any atom is 0.299 e. The van der Waals surface area contributed by atoms with Crippen molar-refractivity contribution in [3.05, 3.63) is 27.3 Å². The minimum absolute atomic E-state index is 0.371. The summed E-state index contributed by atoms with van der Waals surface area (Å²) in [5.74, 6) is -0.755. The average molecular weight is 329 g/mol. The van der Waals surface area contributed by atoms with Crippen LogP contribution in [0.2, 0.25) is 0 Å². The highest BCUT2D eigenvalue weighted by atomic mass is 127. The van der Waals surface area contributed by atoms with Crippen LogP contribution >= 0.6 is 22.6 Å². The molecular formula is C12H12INO2. The molecule has 1 aliphatic rings. The van der Waals surface area contributed by atoms with E-state index in [0.29, 0.717) is 12.1 Å². The van der Waals surface area contributed by atoms with Crippen molar-refractivity contribution in [2.45, 2.75) is 19.8 Å². The lowest BCUT2D eigenvalue weighted by molar-refractivity contribution is -0.114. The molecule has 0 saturated carbocycles. The second kappa shape index (κ2) is 4.53. The standard InChI is InChI=1S/C12H12INO2/c1-2-3-6-14-10-5-4-8(13)7-9(10)11(15)12(14)16/h4-5,7H,2-3,6H2,1H3. The first-order valence-corrected chi connectivity index (χ1v) is 6.38. The van der Waals surface area contributed by atoms with Crippen LogP contribution in [0.3, 0.4) is 0 Å². The van der Waals surface area contributed by atoms with Crippen LogP contribution in [-0.2, 0) is 4.79 Å². The largest absolute Gasteiger partial charge is 0.305 e. The zero-order chi connectivity index (χ0) is 11.7. The van der Waals surface area contributed by atoms with E-state index >= 15 is 0 Å². The topological polar surface area (TPSA) is 37.4 Å². The number of anilines is 1. The maximum absolute atomic E-state index is 11.8. The zero-order valence-corrected chi connectivity index (χ0v) is 11.2. The maximum atomic E-state index is 11.8. The van der Waals surface area contributed by atoms with Crippen molar-refractivity contribution in [3.8, 4) is 0 Å². The van der Waals surface area contributed by atoms with E-state index in [4.69, 9.17) is 0 Å². The molecule has 16 heavy (non-hydrogen) atoms. The Kier molecular flexibility index (Phi) is 3.28. The Bertz CT molecular complexity index is 456. The highest BCUT2D eigenvalue weighted by Gasteiger charge is 2.35. The summed E-state index contributed by atoms with van der Waals surface area (Å²) >= 11 is 2.14. The van der Waals surface area contributed by atoms with Gasteiger partial charge in [0, 0.05) is 10.1 Å². The fourth-order valence-electron chi connectivity index (χ4n) is 1.81. The second-order valence-corrected chi connectivity index (χ2v) is 5.05. The highest BCUT2D eigenvalue weighted by Crippen LogP contribution is 2.30. The van der Waals surface area contributed by atoms with Gasteiger partial charge in [0.15, 0.2) is 0 Å². The quantitative estimate of drug-likeness (QED) is 0.631. The number of halogens is 1. The molecule has 0 spiro atoms. The SMILES string of the molecule is CCCCN1C(=O)C(=O)c2cc(I)ccc21. The molecule has 0 fully saturated rings. The number of nitrogens with zero attached hydrogens (tertiary/aromatic N) is 1. The molecule has 84 valence electrons. The van der Waals surface area contributed by atoms with E-state index in [9.17, 15) is 9.59 Å². The third-order valence-corrected chi connectivity index (χ3v) is 3.34. The molecule has 3 nitrogen and oxygen atoms in total. The Balaban J connectivity index is 2.38. The predicted octanol–water partition coefficient (Wildman–Crippen LogP) is 2.62. The summed E-state index contributed by atoms with van der Waals surface area (Å²) in [5.41, 5.74) is 1.32. The minimum atomic E-state index is -0.384. The number of unbranched alkanes of at least 4 members (excludes halogenated alkanes) is 1. The summed E-state index contributed by atoms with van der Waals surface area (Å²) in [5, 5.41) is 0. The van der Waals surface area contributed by atoms with Crippen LogP contribution < -0.4 is 4.90 Å². The Morgan fingerprint density at radius 3 is 2.75 bits per heavy atom. The number of benzene rings is 1.